The van der Waals surface area contributed by atoms with E-state index >= 15 is 0 Å². The minimum Gasteiger partial charge on any atom is -0.481 e. The Hall–Kier alpha value is -2.65. The van der Waals surface area contributed by atoms with Gasteiger partial charge in [0.2, 0.25) is 0 Å². The molecule has 0 saturated carbocycles. The van der Waals surface area contributed by atoms with Crippen LogP contribution in [0.2, 0.25) is 5.02 Å². The van der Waals surface area contributed by atoms with Crippen molar-refractivity contribution in [2.45, 2.75) is 13.0 Å². The second kappa shape index (κ2) is 9.33. The van der Waals surface area contributed by atoms with Crippen LogP contribution in [0.4, 0.5) is 11.4 Å². The van der Waals surface area contributed by atoms with Crippen LogP contribution >= 0.6 is 27.5 Å². The summed E-state index contributed by atoms with van der Waals surface area (Å²) in [7, 11) is 0. The van der Waals surface area contributed by atoms with Crippen molar-refractivity contribution in [1.29, 1.82) is 0 Å². The second-order valence-corrected chi connectivity index (χ2v) is 6.55. The number of hydrogen-bond acceptors (Lipinski definition) is 6. The first-order valence-corrected chi connectivity index (χ1v) is 8.76. The van der Waals surface area contributed by atoms with Crippen molar-refractivity contribution in [3.05, 3.63) is 62.1 Å². The predicted molar refractivity (Wildman–Crippen MR) is 102 cm³/mol. The summed E-state index contributed by atoms with van der Waals surface area (Å²) in [5.74, 6) is -1.10. The number of amides is 1. The highest BCUT2D eigenvalue weighted by molar-refractivity contribution is 9.10. The largest absolute Gasteiger partial charge is 0.481 e. The van der Waals surface area contributed by atoms with E-state index in [0.717, 1.165) is 0 Å². The van der Waals surface area contributed by atoms with Crippen LogP contribution in [0.15, 0.2) is 46.9 Å². The highest BCUT2D eigenvalue weighted by Crippen LogP contribution is 2.28. The van der Waals surface area contributed by atoms with Crippen molar-refractivity contribution in [2.75, 3.05) is 11.9 Å². The number of halogens is 2. The molecule has 2 aromatic carbocycles. The molecule has 1 atom stereocenters. The van der Waals surface area contributed by atoms with Gasteiger partial charge in [-0.05, 0) is 47.1 Å². The van der Waals surface area contributed by atoms with Crippen LogP contribution in [0.5, 0.6) is 5.75 Å². The first-order chi connectivity index (χ1) is 12.8. The lowest BCUT2D eigenvalue weighted by Crippen LogP contribution is -2.31. The third-order valence-corrected chi connectivity index (χ3v) is 4.13. The summed E-state index contributed by atoms with van der Waals surface area (Å²) in [6, 6.07) is 10.4. The SMILES string of the molecule is CC(OC(=O)COc1ccc(Cl)cc1Br)C(=O)Nc1ccccc1[N+](=O)[O-]. The van der Waals surface area contributed by atoms with Crippen LogP contribution in [0, 0.1) is 10.1 Å². The molecule has 0 aliphatic carbocycles. The molecule has 0 aliphatic heterocycles. The Labute approximate surface area is 167 Å². The van der Waals surface area contributed by atoms with Gasteiger partial charge in [0.1, 0.15) is 11.4 Å². The third-order valence-electron chi connectivity index (χ3n) is 3.28. The zero-order valence-corrected chi connectivity index (χ0v) is 16.3. The van der Waals surface area contributed by atoms with Gasteiger partial charge in [0, 0.05) is 11.1 Å². The molecule has 0 spiro atoms. The number of nitrogens with zero attached hydrogens (tertiary/aromatic N) is 1. The molecule has 27 heavy (non-hydrogen) atoms. The number of carbonyl (C=O) groups excluding carboxylic acids is 2. The van der Waals surface area contributed by atoms with Crippen molar-refractivity contribution < 1.29 is 24.0 Å². The topological polar surface area (TPSA) is 108 Å². The van der Waals surface area contributed by atoms with Crippen molar-refractivity contribution in [1.82, 2.24) is 0 Å². The van der Waals surface area contributed by atoms with E-state index in [4.69, 9.17) is 21.1 Å². The maximum atomic E-state index is 12.1. The van der Waals surface area contributed by atoms with Gasteiger partial charge in [0.05, 0.1) is 9.40 Å². The molecule has 0 radical (unpaired) electrons. The van der Waals surface area contributed by atoms with E-state index in [2.05, 4.69) is 21.2 Å². The van der Waals surface area contributed by atoms with E-state index in [9.17, 15) is 19.7 Å². The molecule has 0 bridgehead atoms. The summed E-state index contributed by atoms with van der Waals surface area (Å²) in [5, 5.41) is 13.8. The van der Waals surface area contributed by atoms with Crippen LogP contribution < -0.4 is 10.1 Å². The zero-order valence-electron chi connectivity index (χ0n) is 14.0. The average Bonchev–Trinajstić information content (AvgIpc) is 2.61. The van der Waals surface area contributed by atoms with Crippen molar-refractivity contribution in [3.63, 3.8) is 0 Å². The maximum absolute atomic E-state index is 12.1. The number of nitro groups is 1. The molecule has 0 saturated heterocycles. The summed E-state index contributed by atoms with van der Waals surface area (Å²) in [6.07, 6.45) is -1.17. The first kappa shape index (κ1) is 20.7. The number of nitro benzene ring substituents is 1. The molecule has 2 aromatic rings. The zero-order chi connectivity index (χ0) is 20.0. The number of para-hydroxylation sites is 2. The molecule has 1 unspecified atom stereocenters. The second-order valence-electron chi connectivity index (χ2n) is 5.26. The lowest BCUT2D eigenvalue weighted by molar-refractivity contribution is -0.383. The fourth-order valence-electron chi connectivity index (χ4n) is 1.99. The molecule has 0 heterocycles. The third kappa shape index (κ3) is 5.93. The number of benzene rings is 2. The van der Waals surface area contributed by atoms with E-state index in [1.54, 1.807) is 18.2 Å². The Morgan fingerprint density at radius 1 is 1.30 bits per heavy atom. The van der Waals surface area contributed by atoms with Crippen molar-refractivity contribution >= 4 is 50.8 Å². The number of esters is 1. The standard InChI is InChI=1S/C17H14BrClN2O6/c1-10(17(23)20-13-4-2-3-5-14(13)21(24)25)27-16(22)9-26-15-7-6-11(19)8-12(15)18/h2-8,10H,9H2,1H3,(H,20,23). The number of rotatable bonds is 7. The van der Waals surface area contributed by atoms with Gasteiger partial charge in [0.15, 0.2) is 12.7 Å². The molecular formula is C17H14BrClN2O6. The van der Waals surface area contributed by atoms with Gasteiger partial charge in [-0.15, -0.1) is 0 Å². The van der Waals surface area contributed by atoms with E-state index < -0.39 is 29.5 Å². The van der Waals surface area contributed by atoms with Crippen molar-refractivity contribution in [3.8, 4) is 5.75 Å². The van der Waals surface area contributed by atoms with E-state index in [-0.39, 0.29) is 11.4 Å². The average molecular weight is 458 g/mol. The summed E-state index contributed by atoms with van der Waals surface area (Å²) < 4.78 is 10.8. The predicted octanol–water partition coefficient (Wildman–Crippen LogP) is 3.96. The highest BCUT2D eigenvalue weighted by Gasteiger charge is 2.22. The van der Waals surface area contributed by atoms with Crippen LogP contribution in [0.1, 0.15) is 6.92 Å². The van der Waals surface area contributed by atoms with Gasteiger partial charge in [0.25, 0.3) is 11.6 Å². The van der Waals surface area contributed by atoms with E-state index in [1.807, 2.05) is 0 Å². The van der Waals surface area contributed by atoms with E-state index in [0.29, 0.717) is 15.2 Å². The maximum Gasteiger partial charge on any atom is 0.344 e. The molecule has 0 fully saturated rings. The number of ether oxygens (including phenoxy) is 2. The lowest BCUT2D eigenvalue weighted by Gasteiger charge is -2.14. The fourth-order valence-corrected chi connectivity index (χ4v) is 2.78. The van der Waals surface area contributed by atoms with Gasteiger partial charge in [-0.2, -0.15) is 0 Å². The minimum absolute atomic E-state index is 0.0109. The van der Waals surface area contributed by atoms with Gasteiger partial charge in [-0.25, -0.2) is 4.79 Å². The first-order valence-electron chi connectivity index (χ1n) is 7.59. The van der Waals surface area contributed by atoms with Crippen LogP contribution in [0.3, 0.4) is 0 Å². The Balaban J connectivity index is 1.90. The fraction of sp³-hybridized carbons (Fsp3) is 0.176. The molecule has 1 N–H and O–H groups in total. The quantitative estimate of drug-likeness (QED) is 0.383. The Morgan fingerprint density at radius 2 is 2.00 bits per heavy atom. The molecule has 1 amide bonds. The summed E-state index contributed by atoms with van der Waals surface area (Å²) in [6.45, 7) is 0.920. The number of nitrogens with one attached hydrogen (secondary N) is 1. The highest BCUT2D eigenvalue weighted by atomic mass is 79.9. The molecule has 0 aliphatic rings. The van der Waals surface area contributed by atoms with E-state index in [1.165, 1.54) is 31.2 Å². The lowest BCUT2D eigenvalue weighted by atomic mass is 10.2. The number of carbonyl (C=O) groups is 2. The smallest absolute Gasteiger partial charge is 0.344 e. The Morgan fingerprint density at radius 3 is 2.67 bits per heavy atom. The monoisotopic (exact) mass is 456 g/mol. The molecule has 10 heteroatoms. The Bertz CT molecular complexity index is 876. The minimum atomic E-state index is -1.17. The molecule has 8 nitrogen and oxygen atoms in total. The molecule has 2 rings (SSSR count). The Kier molecular flexibility index (Phi) is 7.14. The van der Waals surface area contributed by atoms with Crippen LogP contribution in [-0.4, -0.2) is 29.5 Å². The van der Waals surface area contributed by atoms with Crippen LogP contribution in [-0.2, 0) is 14.3 Å². The van der Waals surface area contributed by atoms with Crippen LogP contribution in [0.25, 0.3) is 0 Å². The summed E-state index contributed by atoms with van der Waals surface area (Å²) in [5.41, 5.74) is -0.253. The molecule has 142 valence electrons. The normalized spacial score (nSPS) is 11.4. The summed E-state index contributed by atoms with van der Waals surface area (Å²) >= 11 is 9.06. The molecular weight excluding hydrogens is 444 g/mol. The van der Waals surface area contributed by atoms with Gasteiger partial charge in [-0.3, -0.25) is 14.9 Å². The van der Waals surface area contributed by atoms with Crippen molar-refractivity contribution in [2.24, 2.45) is 0 Å². The number of anilines is 1. The number of hydrogen-bond donors (Lipinski definition) is 1. The summed E-state index contributed by atoms with van der Waals surface area (Å²) in [4.78, 5) is 34.3. The molecule has 0 aromatic heterocycles. The van der Waals surface area contributed by atoms with Gasteiger partial charge in [-0.1, -0.05) is 23.7 Å². The van der Waals surface area contributed by atoms with Gasteiger partial charge < -0.3 is 14.8 Å². The van der Waals surface area contributed by atoms with Gasteiger partial charge >= 0.3 is 5.97 Å².